The van der Waals surface area contributed by atoms with Crippen LogP contribution in [-0.4, -0.2) is 29.9 Å². The fourth-order valence-electron chi connectivity index (χ4n) is 3.26. The number of hydrogen-bond acceptors (Lipinski definition) is 4. The van der Waals surface area contributed by atoms with Crippen LogP contribution in [0.1, 0.15) is 34.7 Å². The molecule has 6 nitrogen and oxygen atoms in total. The molecule has 29 heavy (non-hydrogen) atoms. The number of ether oxygens (including phenoxy) is 2. The molecule has 3 aromatic rings. The average Bonchev–Trinajstić information content (AvgIpc) is 3.06. The van der Waals surface area contributed by atoms with Crippen LogP contribution in [0.5, 0.6) is 5.75 Å². The summed E-state index contributed by atoms with van der Waals surface area (Å²) in [5.74, 6) is -1.28. The third-order valence-electron chi connectivity index (χ3n) is 4.55. The maximum absolute atomic E-state index is 12.6. The van der Waals surface area contributed by atoms with E-state index in [1.165, 1.54) is 25.3 Å². The highest BCUT2D eigenvalue weighted by Gasteiger charge is 2.26. The van der Waals surface area contributed by atoms with Crippen LogP contribution in [0.3, 0.4) is 0 Å². The Morgan fingerprint density at radius 3 is 2.52 bits per heavy atom. The van der Waals surface area contributed by atoms with Crippen molar-refractivity contribution in [1.82, 2.24) is 10.2 Å². The van der Waals surface area contributed by atoms with Gasteiger partial charge in [0.1, 0.15) is 5.75 Å². The third kappa shape index (κ3) is 5.10. The number of carbonyl (C=O) groups is 1. The molecule has 0 amide bonds. The lowest BCUT2D eigenvalue weighted by Crippen LogP contribution is -2.18. The zero-order valence-corrected chi connectivity index (χ0v) is 15.7. The fourth-order valence-corrected chi connectivity index (χ4v) is 3.26. The van der Waals surface area contributed by atoms with E-state index >= 15 is 0 Å². The van der Waals surface area contributed by atoms with Crippen LogP contribution >= 0.6 is 0 Å². The Kier molecular flexibility index (Phi) is 6.43. The van der Waals surface area contributed by atoms with Gasteiger partial charge in [0.15, 0.2) is 0 Å². The minimum atomic E-state index is -2.98. The lowest BCUT2D eigenvalue weighted by atomic mass is 9.87. The summed E-state index contributed by atoms with van der Waals surface area (Å²) in [4.78, 5) is 24.6. The molecule has 3 rings (SSSR count). The van der Waals surface area contributed by atoms with E-state index in [1.807, 2.05) is 30.3 Å². The number of H-pyrrole nitrogens is 2. The number of aromatic nitrogens is 2. The highest BCUT2D eigenvalue weighted by molar-refractivity contribution is 5.71. The molecule has 0 aliphatic rings. The van der Waals surface area contributed by atoms with Crippen LogP contribution in [0.15, 0.2) is 59.4 Å². The second-order valence-corrected chi connectivity index (χ2v) is 6.42. The maximum atomic E-state index is 12.6. The molecule has 0 aliphatic heterocycles. The summed E-state index contributed by atoms with van der Waals surface area (Å²) in [5, 5.41) is 5.43. The largest absolute Gasteiger partial charge is 0.469 e. The van der Waals surface area contributed by atoms with Crippen LogP contribution in [0.4, 0.5) is 8.78 Å². The van der Waals surface area contributed by atoms with E-state index in [9.17, 15) is 18.4 Å². The van der Waals surface area contributed by atoms with Crippen molar-refractivity contribution in [2.45, 2.75) is 25.4 Å². The molecule has 152 valence electrons. The normalized spacial score (nSPS) is 12.0. The van der Waals surface area contributed by atoms with Gasteiger partial charge in [-0.2, -0.15) is 8.78 Å². The Labute approximate surface area is 165 Å². The van der Waals surface area contributed by atoms with Gasteiger partial charge in [0.05, 0.1) is 13.5 Å². The van der Waals surface area contributed by atoms with Gasteiger partial charge in [0.2, 0.25) is 0 Å². The van der Waals surface area contributed by atoms with Gasteiger partial charge < -0.3 is 14.6 Å². The van der Waals surface area contributed by atoms with Crippen LogP contribution in [0.25, 0.3) is 0 Å². The van der Waals surface area contributed by atoms with Crippen LogP contribution in [-0.2, 0) is 16.0 Å². The summed E-state index contributed by atoms with van der Waals surface area (Å²) in [7, 11) is 1.25. The number of esters is 1. The van der Waals surface area contributed by atoms with Crippen molar-refractivity contribution in [3.05, 3.63) is 87.3 Å². The van der Waals surface area contributed by atoms with Gasteiger partial charge >= 0.3 is 12.6 Å². The number of alkyl halides is 2. The monoisotopic (exact) mass is 402 g/mol. The maximum Gasteiger partial charge on any atom is 0.387 e. The quantitative estimate of drug-likeness (QED) is 0.564. The minimum Gasteiger partial charge on any atom is -0.469 e. The zero-order chi connectivity index (χ0) is 20.8. The Hall–Kier alpha value is -3.42. The van der Waals surface area contributed by atoms with Crippen LogP contribution in [0.2, 0.25) is 0 Å². The third-order valence-corrected chi connectivity index (χ3v) is 4.55. The number of hydrogen-bond donors (Lipinski definition) is 2. The molecule has 0 aliphatic carbocycles. The molecule has 0 saturated heterocycles. The van der Waals surface area contributed by atoms with Gasteiger partial charge in [-0.15, -0.1) is 0 Å². The second-order valence-electron chi connectivity index (χ2n) is 6.42. The first-order chi connectivity index (χ1) is 14.0. The summed E-state index contributed by atoms with van der Waals surface area (Å²) in [6.07, 6.45) is 0.303. The number of rotatable bonds is 8. The molecule has 2 aromatic carbocycles. The smallest absolute Gasteiger partial charge is 0.387 e. The topological polar surface area (TPSA) is 84.2 Å². The summed E-state index contributed by atoms with van der Waals surface area (Å²) in [6.45, 7) is -2.98. The van der Waals surface area contributed by atoms with Crippen molar-refractivity contribution < 1.29 is 23.0 Å². The average molecular weight is 402 g/mol. The van der Waals surface area contributed by atoms with E-state index in [2.05, 4.69) is 14.9 Å². The molecule has 1 aromatic heterocycles. The number of halogens is 2. The summed E-state index contributed by atoms with van der Waals surface area (Å²) >= 11 is 0. The van der Waals surface area contributed by atoms with E-state index in [0.717, 1.165) is 5.56 Å². The number of aromatic amines is 2. The van der Waals surface area contributed by atoms with E-state index in [-0.39, 0.29) is 17.7 Å². The SMILES string of the molecule is COC(=O)C[C@H](c1cccc(OC(F)F)c1)c1c(Cc2ccccc2)[nH][nH]c1=O. The molecule has 1 heterocycles. The number of carbonyl (C=O) groups excluding carboxylic acids is 1. The van der Waals surface area contributed by atoms with Gasteiger partial charge in [-0.25, -0.2) is 0 Å². The second kappa shape index (κ2) is 9.18. The van der Waals surface area contributed by atoms with Gasteiger partial charge in [0, 0.05) is 23.6 Å². The number of methoxy groups -OCH3 is 1. The first-order valence-corrected chi connectivity index (χ1v) is 8.93. The predicted molar refractivity (Wildman–Crippen MR) is 102 cm³/mol. The molecule has 0 saturated carbocycles. The van der Waals surface area contributed by atoms with Crippen LogP contribution < -0.4 is 10.3 Å². The predicted octanol–water partition coefficient (Wildman–Crippen LogP) is 3.59. The van der Waals surface area contributed by atoms with Crippen molar-refractivity contribution in [1.29, 1.82) is 0 Å². The summed E-state index contributed by atoms with van der Waals surface area (Å²) in [6, 6.07) is 15.5. The van der Waals surface area contributed by atoms with Crippen molar-refractivity contribution in [2.75, 3.05) is 7.11 Å². The van der Waals surface area contributed by atoms with E-state index < -0.39 is 18.5 Å². The van der Waals surface area contributed by atoms with Crippen molar-refractivity contribution in [3.63, 3.8) is 0 Å². The molecule has 0 fully saturated rings. The molecular formula is C21H20F2N2O4. The number of benzene rings is 2. The van der Waals surface area contributed by atoms with Crippen molar-refractivity contribution in [3.8, 4) is 5.75 Å². The van der Waals surface area contributed by atoms with Crippen LogP contribution in [0, 0.1) is 0 Å². The zero-order valence-electron chi connectivity index (χ0n) is 15.7. The van der Waals surface area contributed by atoms with Gasteiger partial charge in [-0.05, 0) is 23.3 Å². The Morgan fingerprint density at radius 2 is 1.83 bits per heavy atom. The molecule has 0 bridgehead atoms. The standard InChI is InChI=1S/C21H20F2N2O4/c1-28-18(26)12-16(14-8-5-9-15(11-14)29-21(22)23)19-17(24-25-20(19)27)10-13-6-3-2-4-7-13/h2-9,11,16,21H,10,12H2,1H3,(H2,24,25,27)/t16-/m1/s1. The van der Waals surface area contributed by atoms with E-state index in [4.69, 9.17) is 4.74 Å². The summed E-state index contributed by atoms with van der Waals surface area (Å²) in [5.41, 5.74) is 2.04. The lowest BCUT2D eigenvalue weighted by molar-refractivity contribution is -0.140. The van der Waals surface area contributed by atoms with E-state index in [1.54, 1.807) is 6.07 Å². The highest BCUT2D eigenvalue weighted by Crippen LogP contribution is 2.31. The summed E-state index contributed by atoms with van der Waals surface area (Å²) < 4.78 is 34.5. The molecular weight excluding hydrogens is 382 g/mol. The van der Waals surface area contributed by atoms with Gasteiger partial charge in [-0.1, -0.05) is 42.5 Å². The highest BCUT2D eigenvalue weighted by atomic mass is 19.3. The molecule has 0 unspecified atom stereocenters. The van der Waals surface area contributed by atoms with Crippen molar-refractivity contribution >= 4 is 5.97 Å². The van der Waals surface area contributed by atoms with Crippen molar-refractivity contribution in [2.24, 2.45) is 0 Å². The van der Waals surface area contributed by atoms with Gasteiger partial charge in [0.25, 0.3) is 5.56 Å². The molecule has 8 heteroatoms. The Morgan fingerprint density at radius 1 is 1.07 bits per heavy atom. The van der Waals surface area contributed by atoms with E-state index in [0.29, 0.717) is 23.2 Å². The lowest BCUT2D eigenvalue weighted by Gasteiger charge is -2.17. The Balaban J connectivity index is 2.03. The molecule has 2 N–H and O–H groups in total. The molecule has 0 spiro atoms. The fraction of sp³-hybridized carbons (Fsp3) is 0.238. The number of nitrogens with one attached hydrogen (secondary N) is 2. The van der Waals surface area contributed by atoms with Gasteiger partial charge in [-0.3, -0.25) is 14.7 Å². The molecule has 0 radical (unpaired) electrons. The molecule has 1 atom stereocenters. The first-order valence-electron chi connectivity index (χ1n) is 8.93. The minimum absolute atomic E-state index is 0.0519. The Bertz CT molecular complexity index is 1010. The first kappa shape index (κ1) is 20.3.